The topological polar surface area (TPSA) is 69.7 Å². The van der Waals surface area contributed by atoms with Crippen molar-refractivity contribution in [3.8, 4) is 0 Å². The number of sulfonamides is 1. The number of amides is 1. The Balaban J connectivity index is 1.59. The van der Waals surface area contributed by atoms with Crippen LogP contribution in [0.15, 0.2) is 41.3 Å². The van der Waals surface area contributed by atoms with E-state index >= 15 is 0 Å². The summed E-state index contributed by atoms with van der Waals surface area (Å²) >= 11 is 0. The fourth-order valence-corrected chi connectivity index (χ4v) is 6.55. The highest BCUT2D eigenvalue weighted by atomic mass is 32.2. The molecule has 1 unspecified atom stereocenters. The zero-order valence-electron chi connectivity index (χ0n) is 20.7. The minimum absolute atomic E-state index is 0.0131. The van der Waals surface area contributed by atoms with E-state index < -0.39 is 10.0 Å². The lowest BCUT2D eigenvalue weighted by Crippen LogP contribution is -2.46. The van der Waals surface area contributed by atoms with Crippen molar-refractivity contribution >= 4 is 21.6 Å². The van der Waals surface area contributed by atoms with Gasteiger partial charge in [0.1, 0.15) is 0 Å². The van der Waals surface area contributed by atoms with Gasteiger partial charge in [0, 0.05) is 44.3 Å². The molecule has 1 saturated heterocycles. The van der Waals surface area contributed by atoms with Crippen molar-refractivity contribution in [2.24, 2.45) is 5.92 Å². The van der Waals surface area contributed by atoms with Gasteiger partial charge in [-0.25, -0.2) is 8.42 Å². The zero-order chi connectivity index (χ0) is 24.3. The normalized spacial score (nSPS) is 16.4. The average molecular weight is 472 g/mol. The second kappa shape index (κ2) is 10.3. The summed E-state index contributed by atoms with van der Waals surface area (Å²) in [4.78, 5) is 15.4. The van der Waals surface area contributed by atoms with Crippen LogP contribution < -0.4 is 10.2 Å². The molecule has 3 rings (SSSR count). The van der Waals surface area contributed by atoms with Crippen molar-refractivity contribution < 1.29 is 13.2 Å². The van der Waals surface area contributed by atoms with E-state index in [-0.39, 0.29) is 17.9 Å². The van der Waals surface area contributed by atoms with E-state index in [2.05, 4.69) is 17.1 Å². The molecule has 1 aliphatic heterocycles. The summed E-state index contributed by atoms with van der Waals surface area (Å²) in [6.07, 6.45) is 1.08. The molecule has 0 saturated carbocycles. The summed E-state index contributed by atoms with van der Waals surface area (Å²) in [6, 6.07) is 12.3. The lowest BCUT2D eigenvalue weighted by atomic mass is 9.97. The van der Waals surface area contributed by atoms with Gasteiger partial charge < -0.3 is 10.2 Å². The van der Waals surface area contributed by atoms with Gasteiger partial charge in [-0.1, -0.05) is 24.3 Å². The standard InChI is InChI=1S/C26H37N3O3S/c1-18-16-19(2)22(5)25(21(18)4)33(31,32)29-14-12-23(13-15-29)26(30)27-17-20(3)28(6)24-10-8-7-9-11-24/h7-11,16,20,23H,12-15,17H2,1-6H3,(H,27,30). The largest absolute Gasteiger partial charge is 0.370 e. The number of anilines is 1. The van der Waals surface area contributed by atoms with Crippen LogP contribution in [-0.2, 0) is 14.8 Å². The number of aryl methyl sites for hydroxylation is 2. The Bertz CT molecular complexity index is 1070. The Labute approximate surface area is 199 Å². The Kier molecular flexibility index (Phi) is 7.85. The number of hydrogen-bond donors (Lipinski definition) is 1. The zero-order valence-corrected chi connectivity index (χ0v) is 21.5. The van der Waals surface area contributed by atoms with Crippen LogP contribution in [0, 0.1) is 33.6 Å². The maximum Gasteiger partial charge on any atom is 0.243 e. The first-order valence-corrected chi connectivity index (χ1v) is 13.1. The average Bonchev–Trinajstić information content (AvgIpc) is 2.81. The van der Waals surface area contributed by atoms with Gasteiger partial charge in [0.2, 0.25) is 15.9 Å². The van der Waals surface area contributed by atoms with Crippen LogP contribution in [0.3, 0.4) is 0 Å². The first-order valence-electron chi connectivity index (χ1n) is 11.7. The second-order valence-corrected chi connectivity index (χ2v) is 11.2. The number of piperidine rings is 1. The van der Waals surface area contributed by atoms with Crippen LogP contribution in [0.2, 0.25) is 0 Å². The van der Waals surface area contributed by atoms with Crippen molar-refractivity contribution in [2.45, 2.75) is 58.4 Å². The molecule has 2 aromatic rings. The summed E-state index contributed by atoms with van der Waals surface area (Å²) in [5.41, 5.74) is 4.71. The smallest absolute Gasteiger partial charge is 0.243 e. The maximum absolute atomic E-state index is 13.5. The third-order valence-electron chi connectivity index (χ3n) is 7.12. The molecular weight excluding hydrogens is 434 g/mol. The van der Waals surface area contributed by atoms with Gasteiger partial charge in [0.05, 0.1) is 4.90 Å². The Morgan fingerprint density at radius 2 is 1.61 bits per heavy atom. The van der Waals surface area contributed by atoms with Crippen molar-refractivity contribution in [3.05, 3.63) is 58.7 Å². The summed E-state index contributed by atoms with van der Waals surface area (Å²) in [5.74, 6) is -0.147. The van der Waals surface area contributed by atoms with Gasteiger partial charge in [0.15, 0.2) is 0 Å². The Morgan fingerprint density at radius 3 is 2.15 bits per heavy atom. The number of para-hydroxylation sites is 1. The fourth-order valence-electron chi connectivity index (χ4n) is 4.50. The van der Waals surface area contributed by atoms with E-state index in [4.69, 9.17) is 0 Å². The minimum Gasteiger partial charge on any atom is -0.370 e. The van der Waals surface area contributed by atoms with Gasteiger partial charge in [-0.3, -0.25) is 4.79 Å². The van der Waals surface area contributed by atoms with E-state index in [0.29, 0.717) is 37.4 Å². The van der Waals surface area contributed by atoms with E-state index in [1.165, 1.54) is 0 Å². The molecule has 1 atom stereocenters. The molecule has 1 fully saturated rings. The molecule has 180 valence electrons. The molecule has 7 heteroatoms. The summed E-state index contributed by atoms with van der Waals surface area (Å²) < 4.78 is 28.5. The number of likely N-dealkylation sites (N-methyl/N-ethyl adjacent to an activating group) is 1. The van der Waals surface area contributed by atoms with E-state index in [0.717, 1.165) is 27.9 Å². The van der Waals surface area contributed by atoms with Crippen LogP contribution in [-0.4, -0.2) is 51.4 Å². The predicted octanol–water partition coefficient (Wildman–Crippen LogP) is 3.96. The van der Waals surface area contributed by atoms with Crippen molar-refractivity contribution in [2.75, 3.05) is 31.6 Å². The molecule has 0 radical (unpaired) electrons. The monoisotopic (exact) mass is 471 g/mol. The molecule has 0 spiro atoms. The van der Waals surface area contributed by atoms with E-state index in [1.54, 1.807) is 4.31 Å². The van der Waals surface area contributed by atoms with Crippen molar-refractivity contribution in [1.29, 1.82) is 0 Å². The van der Waals surface area contributed by atoms with Gasteiger partial charge >= 0.3 is 0 Å². The van der Waals surface area contributed by atoms with Gasteiger partial charge in [-0.15, -0.1) is 0 Å². The highest BCUT2D eigenvalue weighted by molar-refractivity contribution is 7.89. The van der Waals surface area contributed by atoms with Crippen molar-refractivity contribution in [1.82, 2.24) is 9.62 Å². The number of rotatable bonds is 7. The van der Waals surface area contributed by atoms with Crippen LogP contribution in [0.4, 0.5) is 5.69 Å². The van der Waals surface area contributed by atoms with Crippen LogP contribution in [0.25, 0.3) is 0 Å². The molecule has 1 heterocycles. The molecule has 0 bridgehead atoms. The Hall–Kier alpha value is -2.38. The number of nitrogens with zero attached hydrogens (tertiary/aromatic N) is 2. The molecule has 1 aliphatic rings. The van der Waals surface area contributed by atoms with Crippen molar-refractivity contribution in [3.63, 3.8) is 0 Å². The van der Waals surface area contributed by atoms with Crippen LogP contribution in [0.5, 0.6) is 0 Å². The molecule has 2 aromatic carbocycles. The second-order valence-electron chi connectivity index (χ2n) is 9.31. The molecular formula is C26H37N3O3S. The quantitative estimate of drug-likeness (QED) is 0.664. The summed E-state index contributed by atoms with van der Waals surface area (Å²) in [5, 5.41) is 3.07. The number of carbonyl (C=O) groups is 1. The summed E-state index contributed by atoms with van der Waals surface area (Å²) in [7, 11) is -1.57. The lowest BCUT2D eigenvalue weighted by Gasteiger charge is -2.32. The molecule has 1 N–H and O–H groups in total. The Morgan fingerprint density at radius 1 is 1.06 bits per heavy atom. The number of benzene rings is 2. The molecule has 1 amide bonds. The predicted molar refractivity (Wildman–Crippen MR) is 134 cm³/mol. The third-order valence-corrected chi connectivity index (χ3v) is 9.29. The molecule has 6 nitrogen and oxygen atoms in total. The minimum atomic E-state index is -3.59. The lowest BCUT2D eigenvalue weighted by molar-refractivity contribution is -0.126. The first kappa shape index (κ1) is 25.2. The molecule has 33 heavy (non-hydrogen) atoms. The fraction of sp³-hybridized carbons (Fsp3) is 0.500. The van der Waals surface area contributed by atoms with Crippen LogP contribution in [0.1, 0.15) is 42.0 Å². The van der Waals surface area contributed by atoms with E-state index in [9.17, 15) is 13.2 Å². The number of hydrogen-bond acceptors (Lipinski definition) is 4. The first-order chi connectivity index (χ1) is 15.5. The highest BCUT2D eigenvalue weighted by Gasteiger charge is 2.34. The summed E-state index contributed by atoms with van der Waals surface area (Å²) in [6.45, 7) is 11.0. The molecule has 0 aliphatic carbocycles. The number of carbonyl (C=O) groups excluding carboxylic acids is 1. The SMILES string of the molecule is Cc1cc(C)c(C)c(S(=O)(=O)N2CCC(C(=O)NCC(C)N(C)c3ccccc3)CC2)c1C. The molecule has 0 aromatic heterocycles. The maximum atomic E-state index is 13.5. The van der Waals surface area contributed by atoms with Gasteiger partial charge in [0.25, 0.3) is 0 Å². The highest BCUT2D eigenvalue weighted by Crippen LogP contribution is 2.31. The van der Waals surface area contributed by atoms with Gasteiger partial charge in [-0.2, -0.15) is 4.31 Å². The third kappa shape index (κ3) is 5.41. The van der Waals surface area contributed by atoms with Gasteiger partial charge in [-0.05, 0) is 81.8 Å². The van der Waals surface area contributed by atoms with E-state index in [1.807, 2.05) is 71.1 Å². The number of nitrogens with one attached hydrogen (secondary N) is 1. The van der Waals surface area contributed by atoms with Crippen LogP contribution >= 0.6 is 0 Å².